The number of benzene rings is 1. The molecule has 136 valence electrons. The molecule has 1 aromatic rings. The molecule has 1 aliphatic carbocycles. The van der Waals surface area contributed by atoms with Crippen LogP contribution in [0.25, 0.3) is 0 Å². The van der Waals surface area contributed by atoms with Gasteiger partial charge in [0.25, 0.3) is 0 Å². The Hall–Kier alpha value is -1.36. The van der Waals surface area contributed by atoms with E-state index < -0.39 is 0 Å². The Morgan fingerprint density at radius 2 is 1.60 bits per heavy atom. The van der Waals surface area contributed by atoms with Gasteiger partial charge in [0.1, 0.15) is 0 Å². The number of halogens is 1. The molecular weight excluding hydrogens is 380 g/mol. The lowest BCUT2D eigenvalue weighted by Gasteiger charge is -2.38. The normalized spacial score (nSPS) is 18.1. The Kier molecular flexibility index (Phi) is 6.51. The van der Waals surface area contributed by atoms with E-state index in [2.05, 4.69) is 40.2 Å². The smallest absolute Gasteiger partial charge is 0.225 e. The summed E-state index contributed by atoms with van der Waals surface area (Å²) in [6, 6.07) is 8.38. The van der Waals surface area contributed by atoms with E-state index >= 15 is 0 Å². The van der Waals surface area contributed by atoms with Crippen molar-refractivity contribution in [3.63, 3.8) is 0 Å². The molecule has 2 aliphatic rings. The fraction of sp³-hybridized carbons (Fsp3) is 0.600. The van der Waals surface area contributed by atoms with E-state index in [4.69, 9.17) is 0 Å². The highest BCUT2D eigenvalue weighted by Gasteiger charge is 2.31. The summed E-state index contributed by atoms with van der Waals surface area (Å²) in [4.78, 5) is 28.5. The van der Waals surface area contributed by atoms with Crippen LogP contribution in [0, 0.1) is 5.92 Å². The van der Waals surface area contributed by atoms with Crippen LogP contribution in [-0.4, -0.2) is 47.8 Å². The molecule has 0 spiro atoms. The van der Waals surface area contributed by atoms with Gasteiger partial charge in [0.05, 0.1) is 0 Å². The number of unbranched alkanes of at least 4 members (excludes halogenated alkanes) is 1. The molecule has 1 saturated heterocycles. The van der Waals surface area contributed by atoms with Crippen molar-refractivity contribution in [1.82, 2.24) is 9.80 Å². The predicted octanol–water partition coefficient (Wildman–Crippen LogP) is 3.63. The second-order valence-electron chi connectivity index (χ2n) is 7.17. The van der Waals surface area contributed by atoms with E-state index in [0.717, 1.165) is 36.6 Å². The van der Waals surface area contributed by atoms with Crippen molar-refractivity contribution in [3.05, 3.63) is 34.3 Å². The molecule has 5 heteroatoms. The molecule has 1 aliphatic heterocycles. The molecule has 0 atom stereocenters. The first-order valence-electron chi connectivity index (χ1n) is 9.44. The van der Waals surface area contributed by atoms with Crippen molar-refractivity contribution in [2.24, 2.45) is 5.92 Å². The third-order valence-corrected chi connectivity index (χ3v) is 5.95. The zero-order valence-electron chi connectivity index (χ0n) is 14.8. The first kappa shape index (κ1) is 18.4. The third kappa shape index (κ3) is 5.06. The largest absolute Gasteiger partial charge is 0.339 e. The minimum atomic E-state index is 0.242. The number of aryl methyl sites for hydroxylation is 1. The van der Waals surface area contributed by atoms with Crippen LogP contribution in [0.4, 0.5) is 0 Å². The maximum absolute atomic E-state index is 12.3. The summed E-state index contributed by atoms with van der Waals surface area (Å²) >= 11 is 3.44. The number of hydrogen-bond acceptors (Lipinski definition) is 2. The van der Waals surface area contributed by atoms with Crippen LogP contribution in [0.15, 0.2) is 28.7 Å². The minimum Gasteiger partial charge on any atom is -0.339 e. The average molecular weight is 407 g/mol. The number of amides is 2. The summed E-state index contributed by atoms with van der Waals surface area (Å²) in [5.41, 5.74) is 1.32. The second-order valence-corrected chi connectivity index (χ2v) is 8.08. The molecule has 1 heterocycles. The lowest BCUT2D eigenvalue weighted by Crippen LogP contribution is -2.52. The maximum atomic E-state index is 12.3. The van der Waals surface area contributed by atoms with Crippen LogP contribution >= 0.6 is 15.9 Å². The van der Waals surface area contributed by atoms with E-state index in [-0.39, 0.29) is 11.8 Å². The molecule has 0 aromatic heterocycles. The molecule has 3 rings (SSSR count). The van der Waals surface area contributed by atoms with Gasteiger partial charge in [-0.25, -0.2) is 0 Å². The van der Waals surface area contributed by atoms with Crippen LogP contribution in [0.5, 0.6) is 0 Å². The molecule has 4 nitrogen and oxygen atoms in total. The van der Waals surface area contributed by atoms with Gasteiger partial charge in [-0.2, -0.15) is 0 Å². The van der Waals surface area contributed by atoms with Gasteiger partial charge < -0.3 is 9.80 Å². The summed E-state index contributed by atoms with van der Waals surface area (Å²) in [5, 5.41) is 0. The fourth-order valence-corrected chi connectivity index (χ4v) is 3.77. The first-order valence-corrected chi connectivity index (χ1v) is 10.2. The third-order valence-electron chi connectivity index (χ3n) is 5.42. The zero-order valence-corrected chi connectivity index (χ0v) is 16.3. The van der Waals surface area contributed by atoms with Crippen LogP contribution in [0.2, 0.25) is 0 Å². The van der Waals surface area contributed by atoms with Gasteiger partial charge in [-0.1, -0.05) is 34.5 Å². The van der Waals surface area contributed by atoms with Crippen molar-refractivity contribution in [3.8, 4) is 0 Å². The lowest BCUT2D eigenvalue weighted by atomic mass is 9.84. The highest BCUT2D eigenvalue weighted by molar-refractivity contribution is 9.10. The molecule has 2 fully saturated rings. The Labute approximate surface area is 158 Å². The van der Waals surface area contributed by atoms with Gasteiger partial charge in [0.2, 0.25) is 11.8 Å². The standard InChI is InChI=1S/C20H27BrN2O2/c21-18-10-8-16(9-11-18)4-1-2-7-19(24)22-12-14-23(15-13-22)20(25)17-5-3-6-17/h8-11,17H,1-7,12-15H2. The van der Waals surface area contributed by atoms with Crippen molar-refractivity contribution >= 4 is 27.7 Å². The summed E-state index contributed by atoms with van der Waals surface area (Å²) in [6.07, 6.45) is 6.89. The van der Waals surface area contributed by atoms with Gasteiger partial charge in [-0.05, 0) is 49.8 Å². The molecule has 0 unspecified atom stereocenters. The van der Waals surface area contributed by atoms with E-state index in [1.54, 1.807) is 0 Å². The van der Waals surface area contributed by atoms with Crippen LogP contribution < -0.4 is 0 Å². The summed E-state index contributed by atoms with van der Waals surface area (Å²) in [7, 11) is 0. The highest BCUT2D eigenvalue weighted by atomic mass is 79.9. The average Bonchev–Trinajstić information content (AvgIpc) is 2.58. The van der Waals surface area contributed by atoms with Gasteiger partial charge in [0.15, 0.2) is 0 Å². The van der Waals surface area contributed by atoms with Gasteiger partial charge in [-0.3, -0.25) is 9.59 Å². The van der Waals surface area contributed by atoms with Crippen LogP contribution in [0.1, 0.15) is 44.1 Å². The van der Waals surface area contributed by atoms with Gasteiger partial charge in [0, 0.05) is 43.0 Å². The fourth-order valence-electron chi connectivity index (χ4n) is 3.50. The number of carbonyl (C=O) groups is 2. The SMILES string of the molecule is O=C(CCCCc1ccc(Br)cc1)N1CCN(C(=O)C2CCC2)CC1. The number of nitrogens with zero attached hydrogens (tertiary/aromatic N) is 2. The second kappa shape index (κ2) is 8.84. The lowest BCUT2D eigenvalue weighted by molar-refractivity contribution is -0.144. The highest BCUT2D eigenvalue weighted by Crippen LogP contribution is 2.28. The molecule has 0 N–H and O–H groups in total. The minimum absolute atomic E-state index is 0.242. The molecular formula is C20H27BrN2O2. The monoisotopic (exact) mass is 406 g/mol. The Bertz CT molecular complexity index is 590. The zero-order chi connectivity index (χ0) is 17.6. The molecule has 1 saturated carbocycles. The molecule has 2 amide bonds. The molecule has 0 bridgehead atoms. The van der Waals surface area contributed by atoms with Crippen molar-refractivity contribution in [2.45, 2.75) is 44.9 Å². The van der Waals surface area contributed by atoms with Crippen molar-refractivity contribution < 1.29 is 9.59 Å². The van der Waals surface area contributed by atoms with Crippen molar-refractivity contribution in [2.75, 3.05) is 26.2 Å². The number of hydrogen-bond donors (Lipinski definition) is 0. The maximum Gasteiger partial charge on any atom is 0.225 e. The quantitative estimate of drug-likeness (QED) is 0.676. The Morgan fingerprint density at radius 1 is 0.960 bits per heavy atom. The molecule has 0 radical (unpaired) electrons. The van der Waals surface area contributed by atoms with E-state index in [0.29, 0.717) is 38.5 Å². The number of rotatable bonds is 6. The number of piperazine rings is 1. The summed E-state index contributed by atoms with van der Waals surface area (Å²) in [6.45, 7) is 2.81. The Balaban J connectivity index is 1.32. The Morgan fingerprint density at radius 3 is 2.20 bits per heavy atom. The topological polar surface area (TPSA) is 40.6 Å². The summed E-state index contributed by atoms with van der Waals surface area (Å²) < 4.78 is 1.10. The predicted molar refractivity (Wildman–Crippen MR) is 102 cm³/mol. The van der Waals surface area contributed by atoms with Crippen molar-refractivity contribution in [1.29, 1.82) is 0 Å². The van der Waals surface area contributed by atoms with E-state index in [1.165, 1.54) is 12.0 Å². The molecule has 25 heavy (non-hydrogen) atoms. The molecule has 1 aromatic carbocycles. The van der Waals surface area contributed by atoms with E-state index in [9.17, 15) is 9.59 Å². The van der Waals surface area contributed by atoms with Crippen LogP contribution in [0.3, 0.4) is 0 Å². The van der Waals surface area contributed by atoms with E-state index in [1.807, 2.05) is 9.80 Å². The first-order chi connectivity index (χ1) is 12.1. The summed E-state index contributed by atoms with van der Waals surface area (Å²) in [5.74, 6) is 0.820. The van der Waals surface area contributed by atoms with Gasteiger partial charge in [-0.15, -0.1) is 0 Å². The van der Waals surface area contributed by atoms with Gasteiger partial charge >= 0.3 is 0 Å². The number of carbonyl (C=O) groups excluding carboxylic acids is 2. The van der Waals surface area contributed by atoms with Crippen LogP contribution in [-0.2, 0) is 16.0 Å².